The lowest BCUT2D eigenvalue weighted by Gasteiger charge is -2.32. The molecule has 1 aliphatic rings. The van der Waals surface area contributed by atoms with E-state index < -0.39 is 0 Å². The van der Waals surface area contributed by atoms with Gasteiger partial charge in [-0.15, -0.1) is 11.6 Å². The maximum absolute atomic E-state index is 12.4. The fourth-order valence-corrected chi connectivity index (χ4v) is 2.68. The first-order valence-electron chi connectivity index (χ1n) is 6.68. The Morgan fingerprint density at radius 3 is 2.72 bits per heavy atom. The quantitative estimate of drug-likeness (QED) is 0.764. The Kier molecular flexibility index (Phi) is 4.65. The highest BCUT2D eigenvalue weighted by atomic mass is 35.5. The summed E-state index contributed by atoms with van der Waals surface area (Å²) in [6, 6.07) is 7.63. The number of amides is 1. The Morgan fingerprint density at radius 2 is 2.11 bits per heavy atom. The number of hydrogen-bond acceptors (Lipinski definition) is 1. The number of nitrogens with zero attached hydrogens (tertiary/aromatic N) is 1. The molecule has 1 heterocycles. The molecule has 0 bridgehead atoms. The Hall–Kier alpha value is -1.02. The molecule has 2 rings (SSSR count). The number of alkyl halides is 1. The van der Waals surface area contributed by atoms with Crippen molar-refractivity contribution >= 4 is 17.5 Å². The molecule has 1 atom stereocenters. The van der Waals surface area contributed by atoms with Crippen LogP contribution >= 0.6 is 11.6 Å². The number of rotatable bonds is 3. The summed E-state index contributed by atoms with van der Waals surface area (Å²) < 4.78 is 0. The first-order chi connectivity index (χ1) is 8.74. The molecule has 0 radical (unpaired) electrons. The number of likely N-dealkylation sites (tertiary alicyclic amines) is 1. The van der Waals surface area contributed by atoms with Gasteiger partial charge in [0.05, 0.1) is 0 Å². The number of halogens is 1. The van der Waals surface area contributed by atoms with Gasteiger partial charge < -0.3 is 4.90 Å². The van der Waals surface area contributed by atoms with Crippen molar-refractivity contribution < 1.29 is 4.79 Å². The average molecular weight is 266 g/mol. The van der Waals surface area contributed by atoms with E-state index in [4.69, 9.17) is 11.6 Å². The van der Waals surface area contributed by atoms with E-state index in [0.29, 0.717) is 11.8 Å². The number of hydrogen-bond donors (Lipinski definition) is 0. The third-order valence-corrected chi connectivity index (χ3v) is 4.05. The van der Waals surface area contributed by atoms with Gasteiger partial charge in [-0.05, 0) is 36.5 Å². The van der Waals surface area contributed by atoms with E-state index in [1.165, 1.54) is 6.42 Å². The van der Waals surface area contributed by atoms with Crippen LogP contribution in [-0.4, -0.2) is 23.9 Å². The van der Waals surface area contributed by atoms with E-state index in [-0.39, 0.29) is 5.91 Å². The van der Waals surface area contributed by atoms with E-state index in [0.717, 1.165) is 37.1 Å². The van der Waals surface area contributed by atoms with Crippen molar-refractivity contribution in [3.05, 3.63) is 35.4 Å². The van der Waals surface area contributed by atoms with Crippen LogP contribution in [0.1, 0.15) is 42.1 Å². The number of carbonyl (C=O) groups is 1. The van der Waals surface area contributed by atoms with Gasteiger partial charge in [-0.2, -0.15) is 0 Å². The van der Waals surface area contributed by atoms with Crippen molar-refractivity contribution in [2.45, 2.75) is 32.1 Å². The highest BCUT2D eigenvalue weighted by molar-refractivity contribution is 6.17. The minimum absolute atomic E-state index is 0.161. The summed E-state index contributed by atoms with van der Waals surface area (Å²) in [6.07, 6.45) is 3.55. The summed E-state index contributed by atoms with van der Waals surface area (Å²) in [5, 5.41) is 0. The van der Waals surface area contributed by atoms with Gasteiger partial charge in [0.25, 0.3) is 5.91 Å². The third kappa shape index (κ3) is 3.05. The van der Waals surface area contributed by atoms with Gasteiger partial charge in [-0.3, -0.25) is 4.79 Å². The Balaban J connectivity index is 2.05. The maximum atomic E-state index is 12.4. The summed E-state index contributed by atoms with van der Waals surface area (Å²) in [7, 11) is 0. The van der Waals surface area contributed by atoms with Gasteiger partial charge >= 0.3 is 0 Å². The molecule has 1 aliphatic heterocycles. The molecule has 0 spiro atoms. The smallest absolute Gasteiger partial charge is 0.253 e. The normalized spacial score (nSPS) is 19.9. The lowest BCUT2D eigenvalue weighted by atomic mass is 9.95. The second kappa shape index (κ2) is 6.24. The van der Waals surface area contributed by atoms with Crippen molar-refractivity contribution in [3.8, 4) is 0 Å². The summed E-state index contributed by atoms with van der Waals surface area (Å²) in [5.41, 5.74) is 1.83. The van der Waals surface area contributed by atoms with Crippen LogP contribution in [0.2, 0.25) is 0 Å². The van der Waals surface area contributed by atoms with Crippen molar-refractivity contribution in [1.29, 1.82) is 0 Å². The first kappa shape index (κ1) is 13.4. The minimum atomic E-state index is 0.161. The van der Waals surface area contributed by atoms with Gasteiger partial charge in [0.2, 0.25) is 0 Å². The van der Waals surface area contributed by atoms with Gasteiger partial charge in [0.1, 0.15) is 0 Å². The molecule has 98 valence electrons. The van der Waals surface area contributed by atoms with Crippen LogP contribution in [0.25, 0.3) is 0 Å². The van der Waals surface area contributed by atoms with E-state index in [2.05, 4.69) is 6.92 Å². The van der Waals surface area contributed by atoms with E-state index in [1.807, 2.05) is 29.2 Å². The number of benzene rings is 1. The van der Waals surface area contributed by atoms with Crippen molar-refractivity contribution in [2.24, 2.45) is 5.92 Å². The summed E-state index contributed by atoms with van der Waals surface area (Å²) in [5.74, 6) is 1.33. The van der Waals surface area contributed by atoms with Crippen LogP contribution in [-0.2, 0) is 5.88 Å². The molecule has 3 heteroatoms. The van der Waals surface area contributed by atoms with E-state index >= 15 is 0 Å². The fraction of sp³-hybridized carbons (Fsp3) is 0.533. The van der Waals surface area contributed by atoms with Crippen molar-refractivity contribution in [1.82, 2.24) is 4.90 Å². The van der Waals surface area contributed by atoms with Crippen LogP contribution in [0.5, 0.6) is 0 Å². The molecule has 0 N–H and O–H groups in total. The van der Waals surface area contributed by atoms with Gasteiger partial charge in [0, 0.05) is 24.5 Å². The lowest BCUT2D eigenvalue weighted by molar-refractivity contribution is 0.0671. The largest absolute Gasteiger partial charge is 0.338 e. The Labute approximate surface area is 114 Å². The van der Waals surface area contributed by atoms with Gasteiger partial charge in [0.15, 0.2) is 0 Å². The molecular weight excluding hydrogens is 246 g/mol. The second-order valence-electron chi connectivity index (χ2n) is 5.00. The number of carbonyl (C=O) groups excluding carboxylic acids is 1. The zero-order chi connectivity index (χ0) is 13.0. The molecule has 1 amide bonds. The summed E-state index contributed by atoms with van der Waals surface area (Å²) >= 11 is 5.75. The SMILES string of the molecule is CCC1CCCN(C(=O)c2ccc(CCl)cc2)C1. The Bertz CT molecular complexity index is 401. The fourth-order valence-electron chi connectivity index (χ4n) is 2.50. The van der Waals surface area contributed by atoms with Crippen LogP contribution in [0.15, 0.2) is 24.3 Å². The third-order valence-electron chi connectivity index (χ3n) is 3.74. The molecule has 0 aliphatic carbocycles. The standard InChI is InChI=1S/C15H20ClNO/c1-2-12-4-3-9-17(11-12)15(18)14-7-5-13(10-16)6-8-14/h5-8,12H,2-4,9-11H2,1H3. The summed E-state index contributed by atoms with van der Waals surface area (Å²) in [6.45, 7) is 4.01. The Morgan fingerprint density at radius 1 is 1.39 bits per heavy atom. The van der Waals surface area contributed by atoms with E-state index in [1.54, 1.807) is 0 Å². The van der Waals surface area contributed by atoms with Crippen LogP contribution in [0.4, 0.5) is 0 Å². The van der Waals surface area contributed by atoms with Crippen LogP contribution in [0, 0.1) is 5.92 Å². The zero-order valence-electron chi connectivity index (χ0n) is 10.9. The monoisotopic (exact) mass is 265 g/mol. The molecule has 18 heavy (non-hydrogen) atoms. The topological polar surface area (TPSA) is 20.3 Å². The van der Waals surface area contributed by atoms with Crippen molar-refractivity contribution in [3.63, 3.8) is 0 Å². The lowest BCUT2D eigenvalue weighted by Crippen LogP contribution is -2.39. The molecule has 1 saturated heterocycles. The molecule has 1 unspecified atom stereocenters. The van der Waals surface area contributed by atoms with Gasteiger partial charge in [-0.25, -0.2) is 0 Å². The molecule has 1 fully saturated rings. The summed E-state index contributed by atoms with van der Waals surface area (Å²) in [4.78, 5) is 14.3. The van der Waals surface area contributed by atoms with Crippen LogP contribution < -0.4 is 0 Å². The minimum Gasteiger partial charge on any atom is -0.338 e. The first-order valence-corrected chi connectivity index (χ1v) is 7.22. The van der Waals surface area contributed by atoms with E-state index in [9.17, 15) is 4.79 Å². The van der Waals surface area contributed by atoms with Gasteiger partial charge in [-0.1, -0.05) is 25.5 Å². The molecule has 2 nitrogen and oxygen atoms in total. The predicted octanol–water partition coefficient (Wildman–Crippen LogP) is 3.69. The predicted molar refractivity (Wildman–Crippen MR) is 74.9 cm³/mol. The molecular formula is C15H20ClNO. The van der Waals surface area contributed by atoms with Crippen molar-refractivity contribution in [2.75, 3.05) is 13.1 Å². The molecule has 1 aromatic carbocycles. The second-order valence-corrected chi connectivity index (χ2v) is 5.27. The number of piperidine rings is 1. The molecule has 1 aromatic rings. The highest BCUT2D eigenvalue weighted by Crippen LogP contribution is 2.21. The highest BCUT2D eigenvalue weighted by Gasteiger charge is 2.23. The molecule has 0 aromatic heterocycles. The molecule has 0 saturated carbocycles. The maximum Gasteiger partial charge on any atom is 0.253 e. The average Bonchev–Trinajstić information content (AvgIpc) is 2.46. The zero-order valence-corrected chi connectivity index (χ0v) is 11.6. The van der Waals surface area contributed by atoms with Crippen LogP contribution in [0.3, 0.4) is 0 Å².